The van der Waals surface area contributed by atoms with Gasteiger partial charge in [-0.2, -0.15) is 0 Å². The van der Waals surface area contributed by atoms with Crippen LogP contribution in [0, 0.1) is 10.5 Å². The second kappa shape index (κ2) is 6.39. The van der Waals surface area contributed by atoms with Crippen molar-refractivity contribution in [3.63, 3.8) is 0 Å². The minimum atomic E-state index is -0.441. The summed E-state index contributed by atoms with van der Waals surface area (Å²) in [5.41, 5.74) is 3.11. The zero-order valence-corrected chi connectivity index (χ0v) is 13.2. The molecule has 3 heteroatoms. The third kappa shape index (κ3) is 3.94. The zero-order valence-electron chi connectivity index (χ0n) is 11.1. The second-order valence-corrected chi connectivity index (χ2v) is 5.86. The van der Waals surface area contributed by atoms with E-state index in [-0.39, 0.29) is 0 Å². The lowest BCUT2D eigenvalue weighted by Crippen LogP contribution is -1.98. The summed E-state index contributed by atoms with van der Waals surface area (Å²) in [6.45, 7) is 4.32. The molecule has 0 radical (unpaired) electrons. The van der Waals surface area contributed by atoms with Gasteiger partial charge in [-0.05, 0) is 77.4 Å². The Morgan fingerprint density at radius 1 is 1.16 bits per heavy atom. The van der Waals surface area contributed by atoms with Gasteiger partial charge in [0.05, 0.1) is 6.10 Å². The van der Waals surface area contributed by atoms with Crippen LogP contribution in [-0.4, -0.2) is 5.11 Å². The number of hydrogen-bond acceptors (Lipinski definition) is 2. The van der Waals surface area contributed by atoms with Gasteiger partial charge in [-0.1, -0.05) is 18.2 Å². The molecular formula is C16H17IO2. The second-order valence-electron chi connectivity index (χ2n) is 4.62. The van der Waals surface area contributed by atoms with E-state index in [2.05, 4.69) is 46.9 Å². The van der Waals surface area contributed by atoms with Gasteiger partial charge in [-0.15, -0.1) is 0 Å². The van der Waals surface area contributed by atoms with Crippen molar-refractivity contribution in [2.24, 2.45) is 0 Å². The molecule has 0 aliphatic rings. The molecule has 0 amide bonds. The largest absolute Gasteiger partial charge is 0.489 e. The van der Waals surface area contributed by atoms with Crippen molar-refractivity contribution in [3.05, 3.63) is 62.7 Å². The first kappa shape index (κ1) is 14.3. The number of benzene rings is 2. The fourth-order valence-corrected chi connectivity index (χ4v) is 2.20. The fraction of sp³-hybridized carbons (Fsp3) is 0.250. The van der Waals surface area contributed by atoms with E-state index in [1.807, 2.05) is 25.1 Å². The van der Waals surface area contributed by atoms with Crippen molar-refractivity contribution >= 4 is 22.6 Å². The summed E-state index contributed by atoms with van der Waals surface area (Å²) in [6.07, 6.45) is -0.441. The van der Waals surface area contributed by atoms with E-state index in [0.29, 0.717) is 6.61 Å². The van der Waals surface area contributed by atoms with Crippen LogP contribution in [-0.2, 0) is 6.61 Å². The van der Waals surface area contributed by atoms with Gasteiger partial charge < -0.3 is 9.84 Å². The molecule has 0 bridgehead atoms. The van der Waals surface area contributed by atoms with E-state index in [0.717, 1.165) is 22.4 Å². The number of aliphatic hydroxyl groups excluding tert-OH is 1. The maximum atomic E-state index is 9.53. The van der Waals surface area contributed by atoms with Gasteiger partial charge in [0.15, 0.2) is 0 Å². The molecule has 0 saturated carbocycles. The Morgan fingerprint density at radius 3 is 2.42 bits per heavy atom. The Labute approximate surface area is 127 Å². The van der Waals surface area contributed by atoms with Gasteiger partial charge >= 0.3 is 0 Å². The molecule has 0 aliphatic heterocycles. The lowest BCUT2D eigenvalue weighted by Gasteiger charge is -2.12. The van der Waals surface area contributed by atoms with E-state index >= 15 is 0 Å². The maximum Gasteiger partial charge on any atom is 0.122 e. The van der Waals surface area contributed by atoms with Crippen molar-refractivity contribution in [2.45, 2.75) is 26.6 Å². The van der Waals surface area contributed by atoms with Crippen LogP contribution in [0.5, 0.6) is 5.75 Å². The van der Waals surface area contributed by atoms with Crippen LogP contribution in [0.15, 0.2) is 42.5 Å². The third-order valence-electron chi connectivity index (χ3n) is 2.99. The van der Waals surface area contributed by atoms with Crippen molar-refractivity contribution in [1.82, 2.24) is 0 Å². The van der Waals surface area contributed by atoms with Crippen LogP contribution in [0.1, 0.15) is 29.7 Å². The van der Waals surface area contributed by atoms with Crippen LogP contribution in [0.3, 0.4) is 0 Å². The van der Waals surface area contributed by atoms with Crippen molar-refractivity contribution in [2.75, 3.05) is 0 Å². The summed E-state index contributed by atoms with van der Waals surface area (Å²) in [6, 6.07) is 14.1. The molecule has 1 atom stereocenters. The number of ether oxygens (including phenoxy) is 1. The van der Waals surface area contributed by atoms with Crippen molar-refractivity contribution in [3.8, 4) is 5.75 Å². The zero-order chi connectivity index (χ0) is 13.8. The highest BCUT2D eigenvalue weighted by Gasteiger charge is 2.05. The lowest BCUT2D eigenvalue weighted by atomic mass is 10.1. The van der Waals surface area contributed by atoms with Crippen LogP contribution < -0.4 is 4.74 Å². The highest BCUT2D eigenvalue weighted by molar-refractivity contribution is 14.1. The van der Waals surface area contributed by atoms with Gasteiger partial charge in [0.2, 0.25) is 0 Å². The van der Waals surface area contributed by atoms with Gasteiger partial charge in [-0.25, -0.2) is 0 Å². The highest BCUT2D eigenvalue weighted by atomic mass is 127. The smallest absolute Gasteiger partial charge is 0.122 e. The Balaban J connectivity index is 2.05. The molecule has 0 aromatic heterocycles. The summed E-state index contributed by atoms with van der Waals surface area (Å²) in [5.74, 6) is 0.864. The van der Waals surface area contributed by atoms with Gasteiger partial charge in [0.1, 0.15) is 12.4 Å². The topological polar surface area (TPSA) is 29.5 Å². The summed E-state index contributed by atoms with van der Waals surface area (Å²) in [5, 5.41) is 9.53. The first-order valence-electron chi connectivity index (χ1n) is 6.22. The van der Waals surface area contributed by atoms with E-state index in [1.165, 1.54) is 3.57 Å². The fourth-order valence-electron chi connectivity index (χ4n) is 1.84. The average molecular weight is 368 g/mol. The first-order chi connectivity index (χ1) is 9.06. The minimum absolute atomic E-state index is 0.441. The summed E-state index contributed by atoms with van der Waals surface area (Å²) >= 11 is 2.29. The molecule has 0 aliphatic carbocycles. The molecule has 0 spiro atoms. The van der Waals surface area contributed by atoms with Gasteiger partial charge in [-0.3, -0.25) is 0 Å². The molecule has 2 nitrogen and oxygen atoms in total. The molecule has 2 aromatic rings. The van der Waals surface area contributed by atoms with Crippen LogP contribution in [0.2, 0.25) is 0 Å². The summed E-state index contributed by atoms with van der Waals surface area (Å²) in [4.78, 5) is 0. The van der Waals surface area contributed by atoms with Crippen molar-refractivity contribution < 1.29 is 9.84 Å². The molecule has 0 unspecified atom stereocenters. The number of hydrogen-bond donors (Lipinski definition) is 1. The van der Waals surface area contributed by atoms with Crippen LogP contribution >= 0.6 is 22.6 Å². The van der Waals surface area contributed by atoms with E-state index in [4.69, 9.17) is 4.74 Å². The SMILES string of the molecule is Cc1cc([C@H](C)O)ccc1OCc1ccc(I)cc1. The average Bonchev–Trinajstić information content (AvgIpc) is 2.39. The van der Waals surface area contributed by atoms with E-state index < -0.39 is 6.10 Å². The molecular weight excluding hydrogens is 351 g/mol. The van der Waals surface area contributed by atoms with Crippen LogP contribution in [0.25, 0.3) is 0 Å². The number of halogens is 1. The predicted octanol–water partition coefficient (Wildman–Crippen LogP) is 4.23. The Morgan fingerprint density at radius 2 is 1.84 bits per heavy atom. The number of rotatable bonds is 4. The third-order valence-corrected chi connectivity index (χ3v) is 3.71. The molecule has 19 heavy (non-hydrogen) atoms. The minimum Gasteiger partial charge on any atom is -0.489 e. The monoisotopic (exact) mass is 368 g/mol. The van der Waals surface area contributed by atoms with Gasteiger partial charge in [0, 0.05) is 3.57 Å². The molecule has 0 heterocycles. The first-order valence-corrected chi connectivity index (χ1v) is 7.30. The highest BCUT2D eigenvalue weighted by Crippen LogP contribution is 2.23. The molecule has 100 valence electrons. The standard InChI is InChI=1S/C16H17IO2/c1-11-9-14(12(2)18)5-8-16(11)19-10-13-3-6-15(17)7-4-13/h3-9,12,18H,10H2,1-2H3/t12-/m0/s1. The summed E-state index contributed by atoms with van der Waals surface area (Å²) < 4.78 is 7.03. The van der Waals surface area contributed by atoms with Gasteiger partial charge in [0.25, 0.3) is 0 Å². The number of aliphatic hydroxyl groups is 1. The normalized spacial score (nSPS) is 12.2. The number of aryl methyl sites for hydroxylation is 1. The predicted molar refractivity (Wildman–Crippen MR) is 85.3 cm³/mol. The Bertz CT molecular complexity index is 547. The molecule has 2 aromatic carbocycles. The Kier molecular flexibility index (Phi) is 4.82. The van der Waals surface area contributed by atoms with Crippen LogP contribution in [0.4, 0.5) is 0 Å². The molecule has 1 N–H and O–H groups in total. The summed E-state index contributed by atoms with van der Waals surface area (Å²) in [7, 11) is 0. The van der Waals surface area contributed by atoms with Crippen molar-refractivity contribution in [1.29, 1.82) is 0 Å². The molecule has 2 rings (SSSR count). The van der Waals surface area contributed by atoms with E-state index in [9.17, 15) is 5.11 Å². The quantitative estimate of drug-likeness (QED) is 0.819. The molecule has 0 saturated heterocycles. The lowest BCUT2D eigenvalue weighted by molar-refractivity contribution is 0.199. The molecule has 0 fully saturated rings. The van der Waals surface area contributed by atoms with E-state index in [1.54, 1.807) is 6.92 Å². The Hall–Kier alpha value is -1.07. The maximum absolute atomic E-state index is 9.53.